The monoisotopic (exact) mass is 238 g/mol. The lowest BCUT2D eigenvalue weighted by Gasteiger charge is -2.25. The molecule has 0 bridgehead atoms. The fourth-order valence-corrected chi connectivity index (χ4v) is 1.82. The van der Waals surface area contributed by atoms with Crippen LogP contribution in [0.1, 0.15) is 21.8 Å². The highest BCUT2D eigenvalue weighted by atomic mass is 16.5. The molecule has 0 N–H and O–H groups in total. The van der Waals surface area contributed by atoms with Gasteiger partial charge in [-0.25, -0.2) is 0 Å². The molecule has 0 aliphatic carbocycles. The third kappa shape index (κ3) is 2.21. The highest BCUT2D eigenvalue weighted by Gasteiger charge is 2.29. The van der Waals surface area contributed by atoms with Crippen LogP contribution in [-0.4, -0.2) is 48.1 Å². The minimum atomic E-state index is -0.553. The molecule has 2 rings (SSSR count). The predicted molar refractivity (Wildman–Crippen MR) is 57.7 cm³/mol. The van der Waals surface area contributed by atoms with Crippen molar-refractivity contribution < 1.29 is 18.8 Å². The zero-order valence-electron chi connectivity index (χ0n) is 9.86. The summed E-state index contributed by atoms with van der Waals surface area (Å²) < 4.78 is 10.0. The van der Waals surface area contributed by atoms with Gasteiger partial charge >= 0.3 is 0 Å². The first-order valence-electron chi connectivity index (χ1n) is 5.45. The van der Waals surface area contributed by atoms with Gasteiger partial charge in [-0.2, -0.15) is 0 Å². The molecule has 0 unspecified atom stereocenters. The molecule has 0 radical (unpaired) electrons. The summed E-state index contributed by atoms with van der Waals surface area (Å²) in [6, 6.07) is 0. The molecule has 0 aromatic carbocycles. The van der Waals surface area contributed by atoms with Gasteiger partial charge in [-0.05, 0) is 13.8 Å². The van der Waals surface area contributed by atoms with Crippen LogP contribution in [0.15, 0.2) is 4.52 Å². The average molecular weight is 238 g/mol. The molecule has 1 saturated heterocycles. The minimum Gasteiger partial charge on any atom is -0.378 e. The Morgan fingerprint density at radius 3 is 2.41 bits per heavy atom. The molecule has 1 amide bonds. The van der Waals surface area contributed by atoms with Crippen LogP contribution in [0.5, 0.6) is 0 Å². The van der Waals surface area contributed by atoms with Crippen LogP contribution in [-0.2, 0) is 9.53 Å². The fourth-order valence-electron chi connectivity index (χ4n) is 1.82. The number of carbonyl (C=O) groups excluding carboxylic acids is 2. The zero-order chi connectivity index (χ0) is 12.4. The van der Waals surface area contributed by atoms with Gasteiger partial charge in [0.05, 0.1) is 24.5 Å². The lowest BCUT2D eigenvalue weighted by Crippen LogP contribution is -2.44. The molecule has 1 aromatic heterocycles. The number of aromatic nitrogens is 1. The van der Waals surface area contributed by atoms with Gasteiger partial charge in [0.1, 0.15) is 5.76 Å². The zero-order valence-corrected chi connectivity index (χ0v) is 9.86. The maximum absolute atomic E-state index is 12.0. The Hall–Kier alpha value is -1.69. The van der Waals surface area contributed by atoms with Crippen LogP contribution in [0.3, 0.4) is 0 Å². The summed E-state index contributed by atoms with van der Waals surface area (Å²) in [6.45, 7) is 5.12. The lowest BCUT2D eigenvalue weighted by atomic mass is 10.1. The summed E-state index contributed by atoms with van der Waals surface area (Å²) in [5.41, 5.74) is 0.732. The average Bonchev–Trinajstić information content (AvgIpc) is 2.68. The molecule has 1 aliphatic rings. The molecule has 1 aliphatic heterocycles. The highest BCUT2D eigenvalue weighted by Crippen LogP contribution is 2.14. The van der Waals surface area contributed by atoms with E-state index in [1.807, 2.05) is 0 Å². The van der Waals surface area contributed by atoms with E-state index in [4.69, 9.17) is 9.26 Å². The van der Waals surface area contributed by atoms with Crippen molar-refractivity contribution in [1.29, 1.82) is 0 Å². The van der Waals surface area contributed by atoms with Crippen LogP contribution < -0.4 is 0 Å². The standard InChI is InChI=1S/C11H14N2O4/c1-7-9(8(2)17-12-7)10(14)11(15)13-3-5-16-6-4-13/h3-6H2,1-2H3. The van der Waals surface area contributed by atoms with Crippen molar-refractivity contribution in [2.45, 2.75) is 13.8 Å². The maximum atomic E-state index is 12.0. The number of amides is 1. The quantitative estimate of drug-likeness (QED) is 0.548. The number of Topliss-reactive ketones (excluding diaryl/α,β-unsaturated/α-hetero) is 1. The number of hydrogen-bond donors (Lipinski definition) is 0. The fraction of sp³-hybridized carbons (Fsp3) is 0.545. The second-order valence-electron chi connectivity index (χ2n) is 3.93. The van der Waals surface area contributed by atoms with Gasteiger partial charge in [0, 0.05) is 13.1 Å². The number of carbonyl (C=O) groups is 2. The van der Waals surface area contributed by atoms with Gasteiger partial charge < -0.3 is 14.2 Å². The Morgan fingerprint density at radius 1 is 1.24 bits per heavy atom. The van der Waals surface area contributed by atoms with Crippen molar-refractivity contribution in [3.63, 3.8) is 0 Å². The summed E-state index contributed by atoms with van der Waals surface area (Å²) in [6.07, 6.45) is 0. The Kier molecular flexibility index (Phi) is 3.23. The smallest absolute Gasteiger partial charge is 0.295 e. The predicted octanol–water partition coefficient (Wildman–Crippen LogP) is 0.333. The molecule has 17 heavy (non-hydrogen) atoms. The molecule has 6 nitrogen and oxygen atoms in total. The molecular weight excluding hydrogens is 224 g/mol. The first kappa shape index (κ1) is 11.8. The first-order valence-corrected chi connectivity index (χ1v) is 5.45. The van der Waals surface area contributed by atoms with Crippen molar-refractivity contribution in [3.05, 3.63) is 17.0 Å². The van der Waals surface area contributed by atoms with E-state index in [0.717, 1.165) is 0 Å². The van der Waals surface area contributed by atoms with E-state index in [9.17, 15) is 9.59 Å². The van der Waals surface area contributed by atoms with Gasteiger partial charge in [-0.1, -0.05) is 5.16 Å². The number of ether oxygens (including phenoxy) is 1. The van der Waals surface area contributed by atoms with E-state index in [2.05, 4.69) is 5.16 Å². The van der Waals surface area contributed by atoms with Crippen molar-refractivity contribution >= 4 is 11.7 Å². The normalized spacial score (nSPS) is 16.0. The second-order valence-corrected chi connectivity index (χ2v) is 3.93. The van der Waals surface area contributed by atoms with Crippen molar-refractivity contribution in [2.75, 3.05) is 26.3 Å². The number of ketones is 1. The highest BCUT2D eigenvalue weighted by molar-refractivity contribution is 6.43. The largest absolute Gasteiger partial charge is 0.378 e. The Labute approximate surface area is 98.5 Å². The topological polar surface area (TPSA) is 72.6 Å². The Balaban J connectivity index is 2.17. The Morgan fingerprint density at radius 2 is 1.88 bits per heavy atom. The van der Waals surface area contributed by atoms with E-state index in [1.54, 1.807) is 13.8 Å². The molecule has 1 fully saturated rings. The van der Waals surface area contributed by atoms with Crippen LogP contribution >= 0.6 is 0 Å². The second kappa shape index (κ2) is 4.67. The summed E-state index contributed by atoms with van der Waals surface area (Å²) in [4.78, 5) is 25.5. The minimum absolute atomic E-state index is 0.279. The van der Waals surface area contributed by atoms with Gasteiger partial charge in [-0.3, -0.25) is 9.59 Å². The SMILES string of the molecule is Cc1noc(C)c1C(=O)C(=O)N1CCOCC1. The first-order chi connectivity index (χ1) is 8.11. The lowest BCUT2D eigenvalue weighted by molar-refractivity contribution is -0.130. The Bertz CT molecular complexity index is 427. The van der Waals surface area contributed by atoms with Crippen molar-refractivity contribution in [1.82, 2.24) is 10.1 Å². The van der Waals surface area contributed by atoms with E-state index >= 15 is 0 Å². The molecule has 2 heterocycles. The molecule has 0 saturated carbocycles. The number of morpholine rings is 1. The number of aryl methyl sites for hydroxylation is 2. The van der Waals surface area contributed by atoms with E-state index in [-0.39, 0.29) is 5.56 Å². The third-order valence-corrected chi connectivity index (χ3v) is 2.75. The van der Waals surface area contributed by atoms with Gasteiger partial charge in [0.2, 0.25) is 0 Å². The molecule has 0 spiro atoms. The van der Waals surface area contributed by atoms with Gasteiger partial charge in [0.25, 0.3) is 11.7 Å². The number of nitrogens with zero attached hydrogens (tertiary/aromatic N) is 2. The van der Waals surface area contributed by atoms with Crippen LogP contribution in [0.2, 0.25) is 0 Å². The molecule has 6 heteroatoms. The number of hydrogen-bond acceptors (Lipinski definition) is 5. The molecule has 0 atom stereocenters. The summed E-state index contributed by atoms with van der Waals surface area (Å²) in [5.74, 6) is -0.681. The molecule has 92 valence electrons. The summed E-state index contributed by atoms with van der Waals surface area (Å²) in [7, 11) is 0. The van der Waals surface area contributed by atoms with E-state index in [1.165, 1.54) is 4.90 Å². The van der Waals surface area contributed by atoms with Crippen molar-refractivity contribution in [3.8, 4) is 0 Å². The van der Waals surface area contributed by atoms with E-state index in [0.29, 0.717) is 37.8 Å². The summed E-state index contributed by atoms with van der Waals surface area (Å²) in [5, 5.41) is 3.67. The van der Waals surface area contributed by atoms with Gasteiger partial charge in [-0.15, -0.1) is 0 Å². The summed E-state index contributed by atoms with van der Waals surface area (Å²) >= 11 is 0. The molecular formula is C11H14N2O4. The third-order valence-electron chi connectivity index (χ3n) is 2.75. The van der Waals surface area contributed by atoms with Crippen molar-refractivity contribution in [2.24, 2.45) is 0 Å². The number of rotatable bonds is 2. The van der Waals surface area contributed by atoms with E-state index < -0.39 is 11.7 Å². The van der Waals surface area contributed by atoms with Crippen LogP contribution in [0.4, 0.5) is 0 Å². The van der Waals surface area contributed by atoms with Crippen LogP contribution in [0.25, 0.3) is 0 Å². The maximum Gasteiger partial charge on any atom is 0.295 e. The van der Waals surface area contributed by atoms with Gasteiger partial charge in [0.15, 0.2) is 0 Å². The molecule has 1 aromatic rings. The van der Waals surface area contributed by atoms with Crippen LogP contribution in [0, 0.1) is 13.8 Å².